The number of carbonyl (C=O) groups is 2. The Kier molecular flexibility index (Phi) is 5.72. The Morgan fingerprint density at radius 3 is 2.59 bits per heavy atom. The lowest BCUT2D eigenvalue weighted by atomic mass is 10.1. The number of rotatable bonds is 5. The predicted molar refractivity (Wildman–Crippen MR) is 108 cm³/mol. The number of para-hydroxylation sites is 1. The van der Waals surface area contributed by atoms with Gasteiger partial charge in [0.15, 0.2) is 0 Å². The molecule has 29 heavy (non-hydrogen) atoms. The fraction of sp³-hybridized carbons (Fsp3) is 0.300. The molecule has 0 bridgehead atoms. The molecule has 0 unspecified atom stereocenters. The van der Waals surface area contributed by atoms with E-state index < -0.39 is 28.3 Å². The topological polar surface area (TPSA) is 86.8 Å². The van der Waals surface area contributed by atoms with E-state index in [1.54, 1.807) is 17.0 Å². The minimum absolute atomic E-state index is 0.0147. The molecule has 2 amide bonds. The number of nitrogens with zero attached hydrogens (tertiary/aromatic N) is 2. The van der Waals surface area contributed by atoms with Gasteiger partial charge < -0.3 is 10.2 Å². The van der Waals surface area contributed by atoms with Gasteiger partial charge in [0.25, 0.3) is 0 Å². The second kappa shape index (κ2) is 7.92. The van der Waals surface area contributed by atoms with Crippen LogP contribution in [0.2, 0.25) is 0 Å². The molecule has 1 heterocycles. The van der Waals surface area contributed by atoms with Crippen molar-refractivity contribution >= 4 is 33.2 Å². The van der Waals surface area contributed by atoms with Gasteiger partial charge in [0.1, 0.15) is 5.82 Å². The number of likely N-dealkylation sites (N-methyl/N-ethyl adjacent to an activating group) is 1. The number of hydrogen-bond donors (Lipinski definition) is 1. The highest BCUT2D eigenvalue weighted by atomic mass is 32.2. The standard InChI is InChI=1S/C20H22FN3O4S/c1-13-10-15-11-16(8-9-19(15)24(13)14(2)25)29(27,28)23(3)12-20(26)22-18-7-5-4-6-17(18)21/h4-9,11,13H,10,12H2,1-3H3,(H,22,26)/t13-/m0/s1. The zero-order chi connectivity index (χ0) is 21.3. The number of hydrogen-bond acceptors (Lipinski definition) is 4. The van der Waals surface area contributed by atoms with Gasteiger partial charge in [-0.05, 0) is 49.2 Å². The maximum absolute atomic E-state index is 13.7. The average molecular weight is 419 g/mol. The smallest absolute Gasteiger partial charge is 0.243 e. The van der Waals surface area contributed by atoms with Crippen LogP contribution in [0.3, 0.4) is 0 Å². The first kappa shape index (κ1) is 20.9. The Balaban J connectivity index is 1.77. The van der Waals surface area contributed by atoms with Crippen LogP contribution in [0.5, 0.6) is 0 Å². The van der Waals surface area contributed by atoms with Crippen molar-refractivity contribution in [2.75, 3.05) is 23.8 Å². The van der Waals surface area contributed by atoms with E-state index in [1.807, 2.05) is 6.92 Å². The van der Waals surface area contributed by atoms with E-state index in [1.165, 1.54) is 44.3 Å². The van der Waals surface area contributed by atoms with Crippen LogP contribution in [0.4, 0.5) is 15.8 Å². The van der Waals surface area contributed by atoms with Gasteiger partial charge in [0, 0.05) is 25.7 Å². The quantitative estimate of drug-likeness (QED) is 0.806. The average Bonchev–Trinajstić information content (AvgIpc) is 2.98. The van der Waals surface area contributed by atoms with E-state index in [2.05, 4.69) is 5.32 Å². The number of benzene rings is 2. The number of sulfonamides is 1. The van der Waals surface area contributed by atoms with Crippen LogP contribution in [-0.2, 0) is 26.0 Å². The number of nitrogens with one attached hydrogen (secondary N) is 1. The lowest BCUT2D eigenvalue weighted by Gasteiger charge is -2.21. The third kappa shape index (κ3) is 4.15. The highest BCUT2D eigenvalue weighted by molar-refractivity contribution is 7.89. The molecular formula is C20H22FN3O4S. The Labute approximate surface area is 169 Å². The summed E-state index contributed by atoms with van der Waals surface area (Å²) in [7, 11) is -2.65. The summed E-state index contributed by atoms with van der Waals surface area (Å²) in [4.78, 5) is 25.7. The van der Waals surface area contributed by atoms with Crippen LogP contribution in [0, 0.1) is 5.82 Å². The number of anilines is 2. The molecule has 1 N–H and O–H groups in total. The fourth-order valence-electron chi connectivity index (χ4n) is 3.47. The second-order valence-electron chi connectivity index (χ2n) is 7.02. The number of carbonyl (C=O) groups excluding carboxylic acids is 2. The first-order valence-electron chi connectivity index (χ1n) is 9.04. The van der Waals surface area contributed by atoms with E-state index in [0.717, 1.165) is 9.87 Å². The van der Waals surface area contributed by atoms with Crippen molar-refractivity contribution in [1.82, 2.24) is 4.31 Å². The Morgan fingerprint density at radius 2 is 1.93 bits per heavy atom. The minimum atomic E-state index is -3.94. The summed E-state index contributed by atoms with van der Waals surface area (Å²) in [6.07, 6.45) is 0.551. The molecule has 0 aliphatic carbocycles. The van der Waals surface area contributed by atoms with E-state index in [4.69, 9.17) is 0 Å². The Bertz CT molecular complexity index is 1070. The van der Waals surface area contributed by atoms with Crippen molar-refractivity contribution in [3.05, 3.63) is 53.8 Å². The van der Waals surface area contributed by atoms with Gasteiger partial charge in [0.05, 0.1) is 17.1 Å². The van der Waals surface area contributed by atoms with Gasteiger partial charge in [-0.1, -0.05) is 12.1 Å². The summed E-state index contributed by atoms with van der Waals surface area (Å²) in [5.74, 6) is -1.36. The summed E-state index contributed by atoms with van der Waals surface area (Å²) in [5, 5.41) is 2.37. The molecule has 7 nitrogen and oxygen atoms in total. The first-order chi connectivity index (χ1) is 13.6. The van der Waals surface area contributed by atoms with Crippen molar-refractivity contribution in [2.45, 2.75) is 31.2 Å². The molecule has 0 aromatic heterocycles. The van der Waals surface area contributed by atoms with Gasteiger partial charge in [0.2, 0.25) is 21.8 Å². The molecule has 154 valence electrons. The maximum atomic E-state index is 13.7. The molecule has 1 aliphatic heterocycles. The molecule has 9 heteroatoms. The van der Waals surface area contributed by atoms with Crippen molar-refractivity contribution in [2.24, 2.45) is 0 Å². The zero-order valence-electron chi connectivity index (χ0n) is 16.3. The van der Waals surface area contributed by atoms with Crippen molar-refractivity contribution in [1.29, 1.82) is 0 Å². The highest BCUT2D eigenvalue weighted by Gasteiger charge is 2.31. The van der Waals surface area contributed by atoms with Crippen LogP contribution in [-0.4, -0.2) is 44.2 Å². The molecule has 0 fully saturated rings. The molecule has 3 rings (SSSR count). The molecule has 1 atom stereocenters. The van der Waals surface area contributed by atoms with Crippen LogP contribution in [0.15, 0.2) is 47.4 Å². The van der Waals surface area contributed by atoms with Gasteiger partial charge in [-0.15, -0.1) is 0 Å². The van der Waals surface area contributed by atoms with Crippen LogP contribution >= 0.6 is 0 Å². The van der Waals surface area contributed by atoms with E-state index in [-0.39, 0.29) is 22.5 Å². The first-order valence-corrected chi connectivity index (χ1v) is 10.5. The van der Waals surface area contributed by atoms with E-state index >= 15 is 0 Å². The molecule has 0 saturated heterocycles. The largest absolute Gasteiger partial charge is 0.322 e. The van der Waals surface area contributed by atoms with Gasteiger partial charge in [-0.3, -0.25) is 9.59 Å². The number of halogens is 1. The van der Waals surface area contributed by atoms with Crippen molar-refractivity contribution in [3.63, 3.8) is 0 Å². The molecule has 0 saturated carbocycles. The monoisotopic (exact) mass is 419 g/mol. The number of fused-ring (bicyclic) bond motifs is 1. The molecule has 0 spiro atoms. The van der Waals surface area contributed by atoms with Crippen molar-refractivity contribution in [3.8, 4) is 0 Å². The number of amides is 2. The zero-order valence-corrected chi connectivity index (χ0v) is 17.2. The second-order valence-corrected chi connectivity index (χ2v) is 9.07. The molecule has 0 radical (unpaired) electrons. The van der Waals surface area contributed by atoms with Crippen LogP contribution < -0.4 is 10.2 Å². The molecule has 2 aromatic rings. The fourth-order valence-corrected chi connectivity index (χ4v) is 4.65. The maximum Gasteiger partial charge on any atom is 0.243 e. The van der Waals surface area contributed by atoms with Crippen LogP contribution in [0.1, 0.15) is 19.4 Å². The summed E-state index contributed by atoms with van der Waals surface area (Å²) in [6, 6.07) is 10.2. The Morgan fingerprint density at radius 1 is 1.24 bits per heavy atom. The molecule has 2 aromatic carbocycles. The highest BCUT2D eigenvalue weighted by Crippen LogP contribution is 2.34. The van der Waals surface area contributed by atoms with E-state index in [0.29, 0.717) is 12.1 Å². The molecular weight excluding hydrogens is 397 g/mol. The normalized spacial score (nSPS) is 16.0. The Hall–Kier alpha value is -2.78. The minimum Gasteiger partial charge on any atom is -0.322 e. The summed E-state index contributed by atoms with van der Waals surface area (Å²) < 4.78 is 40.3. The molecule has 1 aliphatic rings. The third-order valence-corrected chi connectivity index (χ3v) is 6.63. The summed E-state index contributed by atoms with van der Waals surface area (Å²) >= 11 is 0. The lowest BCUT2D eigenvalue weighted by Crippen LogP contribution is -2.35. The van der Waals surface area contributed by atoms with Gasteiger partial charge in [-0.25, -0.2) is 12.8 Å². The van der Waals surface area contributed by atoms with Crippen LogP contribution in [0.25, 0.3) is 0 Å². The van der Waals surface area contributed by atoms with Crippen molar-refractivity contribution < 1.29 is 22.4 Å². The van der Waals surface area contributed by atoms with E-state index in [9.17, 15) is 22.4 Å². The SMILES string of the molecule is CC(=O)N1c2ccc(S(=O)(=O)N(C)CC(=O)Nc3ccccc3F)cc2C[C@@H]1C. The predicted octanol–water partition coefficient (Wildman–Crippen LogP) is 2.38. The lowest BCUT2D eigenvalue weighted by molar-refractivity contribution is -0.117. The summed E-state index contributed by atoms with van der Waals surface area (Å²) in [6.45, 7) is 2.90. The summed E-state index contributed by atoms with van der Waals surface area (Å²) in [5.41, 5.74) is 1.45. The third-order valence-electron chi connectivity index (χ3n) is 4.83. The van der Waals surface area contributed by atoms with Gasteiger partial charge in [-0.2, -0.15) is 4.31 Å². The van der Waals surface area contributed by atoms with Gasteiger partial charge >= 0.3 is 0 Å².